The molecule has 0 aliphatic carbocycles. The average molecular weight is 515 g/mol. The molecular formula is C23H19BrN2O5S. The van der Waals surface area contributed by atoms with Crippen LogP contribution in [-0.2, 0) is 4.79 Å². The quantitative estimate of drug-likeness (QED) is 0.422. The van der Waals surface area contributed by atoms with Gasteiger partial charge in [-0.25, -0.2) is 9.79 Å². The fourth-order valence-corrected chi connectivity index (χ4v) is 4.52. The number of amides is 1. The van der Waals surface area contributed by atoms with Crippen molar-refractivity contribution < 1.29 is 24.2 Å². The minimum absolute atomic E-state index is 0.0997. The highest BCUT2D eigenvalue weighted by atomic mass is 79.9. The third kappa shape index (κ3) is 5.15. The lowest BCUT2D eigenvalue weighted by molar-refractivity contribution is -0.122. The van der Waals surface area contributed by atoms with E-state index in [2.05, 4.69) is 26.8 Å². The number of hydrogen-bond donors (Lipinski definition) is 1. The Balaban J connectivity index is 1.92. The van der Waals surface area contributed by atoms with Crippen molar-refractivity contribution >= 4 is 56.5 Å². The van der Waals surface area contributed by atoms with Crippen LogP contribution in [0.3, 0.4) is 0 Å². The lowest BCUT2D eigenvalue weighted by Crippen LogP contribution is -2.28. The van der Waals surface area contributed by atoms with Gasteiger partial charge >= 0.3 is 5.97 Å². The number of carbonyl (C=O) groups excluding carboxylic acids is 1. The van der Waals surface area contributed by atoms with Crippen LogP contribution < -0.4 is 9.47 Å². The number of halogens is 1. The van der Waals surface area contributed by atoms with Crippen molar-refractivity contribution in [1.82, 2.24) is 4.90 Å². The summed E-state index contributed by atoms with van der Waals surface area (Å²) in [6, 6.07) is 9.73. The van der Waals surface area contributed by atoms with E-state index in [4.69, 9.17) is 21.0 Å². The van der Waals surface area contributed by atoms with Gasteiger partial charge in [-0.2, -0.15) is 0 Å². The fraction of sp³-hybridized carbons (Fsp3) is 0.174. The Morgan fingerprint density at radius 2 is 2.06 bits per heavy atom. The zero-order valence-electron chi connectivity index (χ0n) is 17.3. The highest BCUT2D eigenvalue weighted by molar-refractivity contribution is 9.10. The van der Waals surface area contributed by atoms with Gasteiger partial charge in [0.1, 0.15) is 6.61 Å². The second kappa shape index (κ2) is 10.4. The number of amidine groups is 1. The molecule has 0 unspecified atom stereocenters. The number of carboxylic acids is 1. The zero-order chi connectivity index (χ0) is 23.3. The number of carbonyl (C=O) groups is 2. The summed E-state index contributed by atoms with van der Waals surface area (Å²) in [6.45, 7) is 2.41. The summed E-state index contributed by atoms with van der Waals surface area (Å²) >= 11 is 4.71. The van der Waals surface area contributed by atoms with Crippen LogP contribution in [0.15, 0.2) is 50.8 Å². The molecule has 1 aliphatic heterocycles. The van der Waals surface area contributed by atoms with Crippen LogP contribution in [0.2, 0.25) is 0 Å². The molecule has 3 rings (SSSR count). The van der Waals surface area contributed by atoms with Gasteiger partial charge < -0.3 is 14.6 Å². The minimum atomic E-state index is -1.01. The van der Waals surface area contributed by atoms with Crippen LogP contribution in [-0.4, -0.2) is 47.3 Å². The first-order valence-corrected chi connectivity index (χ1v) is 11.1. The number of benzene rings is 2. The smallest absolute Gasteiger partial charge is 0.335 e. The normalized spacial score (nSPS) is 15.8. The number of rotatable bonds is 7. The number of ether oxygens (including phenoxy) is 2. The molecule has 0 atom stereocenters. The number of thioether (sulfide) groups is 1. The van der Waals surface area contributed by atoms with Crippen LogP contribution in [0, 0.1) is 12.3 Å². The molecule has 1 amide bonds. The van der Waals surface area contributed by atoms with E-state index < -0.39 is 5.97 Å². The number of aromatic carboxylic acids is 1. The van der Waals surface area contributed by atoms with Crippen molar-refractivity contribution in [2.45, 2.75) is 6.92 Å². The Kier molecular flexibility index (Phi) is 7.62. The first kappa shape index (κ1) is 23.4. The number of methoxy groups -OCH3 is 1. The van der Waals surface area contributed by atoms with E-state index in [1.165, 1.54) is 31.0 Å². The third-order valence-corrected chi connectivity index (χ3v) is 5.99. The molecule has 2 aromatic rings. The molecule has 1 fully saturated rings. The van der Waals surface area contributed by atoms with Crippen molar-refractivity contribution in [2.24, 2.45) is 4.99 Å². The van der Waals surface area contributed by atoms with Gasteiger partial charge in [0.05, 0.1) is 27.7 Å². The molecule has 7 nitrogen and oxygen atoms in total. The van der Waals surface area contributed by atoms with E-state index in [1.54, 1.807) is 29.2 Å². The maximum atomic E-state index is 12.9. The molecule has 0 spiro atoms. The molecule has 1 saturated heterocycles. The molecule has 0 saturated carbocycles. The molecule has 0 bridgehead atoms. The molecule has 9 heteroatoms. The highest BCUT2D eigenvalue weighted by Gasteiger charge is 2.32. The summed E-state index contributed by atoms with van der Waals surface area (Å²) in [7, 11) is 1.52. The molecule has 2 aromatic carbocycles. The Bertz CT molecular complexity index is 1150. The van der Waals surface area contributed by atoms with Crippen molar-refractivity contribution in [1.29, 1.82) is 0 Å². The summed E-state index contributed by atoms with van der Waals surface area (Å²) in [4.78, 5) is 30.5. The zero-order valence-corrected chi connectivity index (χ0v) is 19.7. The maximum Gasteiger partial charge on any atom is 0.335 e. The number of terminal acetylenes is 1. The Morgan fingerprint density at radius 3 is 2.66 bits per heavy atom. The number of likely N-dealkylation sites (N-methyl/N-ethyl adjacent to an activating group) is 1. The molecular weight excluding hydrogens is 496 g/mol. The van der Waals surface area contributed by atoms with Crippen LogP contribution in [0.4, 0.5) is 5.69 Å². The Morgan fingerprint density at radius 1 is 1.34 bits per heavy atom. The average Bonchev–Trinajstić information content (AvgIpc) is 3.06. The van der Waals surface area contributed by atoms with Gasteiger partial charge in [-0.3, -0.25) is 9.69 Å². The monoisotopic (exact) mass is 514 g/mol. The number of carboxylic acid groups (broad SMARTS) is 1. The molecule has 1 heterocycles. The van der Waals surface area contributed by atoms with E-state index in [0.29, 0.717) is 38.3 Å². The molecule has 1 N–H and O–H groups in total. The van der Waals surface area contributed by atoms with Crippen LogP contribution in [0.5, 0.6) is 11.5 Å². The van der Waals surface area contributed by atoms with Gasteiger partial charge in [-0.1, -0.05) is 5.92 Å². The van der Waals surface area contributed by atoms with Crippen LogP contribution in [0.1, 0.15) is 22.8 Å². The number of nitrogens with zero attached hydrogens (tertiary/aromatic N) is 2. The lowest BCUT2D eigenvalue weighted by atomic mass is 10.2. The Hall–Kier alpha value is -3.22. The topological polar surface area (TPSA) is 88.4 Å². The molecule has 1 aliphatic rings. The summed E-state index contributed by atoms with van der Waals surface area (Å²) in [5.41, 5.74) is 1.47. The predicted octanol–water partition coefficient (Wildman–Crippen LogP) is 4.79. The minimum Gasteiger partial charge on any atom is -0.493 e. The van der Waals surface area contributed by atoms with E-state index in [9.17, 15) is 9.59 Å². The lowest BCUT2D eigenvalue weighted by Gasteiger charge is -2.12. The molecule has 0 radical (unpaired) electrons. The van der Waals surface area contributed by atoms with Crippen molar-refractivity contribution in [3.63, 3.8) is 0 Å². The van der Waals surface area contributed by atoms with Crippen molar-refractivity contribution in [2.75, 3.05) is 20.3 Å². The van der Waals surface area contributed by atoms with E-state index >= 15 is 0 Å². The van der Waals surface area contributed by atoms with E-state index in [-0.39, 0.29) is 18.1 Å². The van der Waals surface area contributed by atoms with E-state index in [0.717, 1.165) is 5.56 Å². The summed E-state index contributed by atoms with van der Waals surface area (Å²) in [5.74, 6) is 2.21. The van der Waals surface area contributed by atoms with Gasteiger partial charge in [-0.15, -0.1) is 6.42 Å². The Labute approximate surface area is 198 Å². The number of aliphatic imine (C=N–C) groups is 1. The van der Waals surface area contributed by atoms with Gasteiger partial charge in [0, 0.05) is 6.54 Å². The van der Waals surface area contributed by atoms with Gasteiger partial charge in [0.25, 0.3) is 5.91 Å². The fourth-order valence-electron chi connectivity index (χ4n) is 2.89. The second-order valence-electron chi connectivity index (χ2n) is 6.43. The van der Waals surface area contributed by atoms with Gasteiger partial charge in [0.2, 0.25) is 0 Å². The third-order valence-electron chi connectivity index (χ3n) is 4.39. The summed E-state index contributed by atoms with van der Waals surface area (Å²) in [5, 5.41) is 9.56. The highest BCUT2D eigenvalue weighted by Crippen LogP contribution is 2.39. The largest absolute Gasteiger partial charge is 0.493 e. The van der Waals surface area contributed by atoms with Gasteiger partial charge in [0.15, 0.2) is 16.7 Å². The molecule has 0 aromatic heterocycles. The van der Waals surface area contributed by atoms with Crippen molar-refractivity contribution in [3.8, 4) is 23.8 Å². The summed E-state index contributed by atoms with van der Waals surface area (Å²) in [6.07, 6.45) is 7.02. The van der Waals surface area contributed by atoms with E-state index in [1.807, 2.05) is 13.0 Å². The number of hydrogen-bond acceptors (Lipinski definition) is 6. The van der Waals surface area contributed by atoms with Crippen LogP contribution in [0.25, 0.3) is 6.08 Å². The first-order valence-electron chi connectivity index (χ1n) is 9.45. The first-order chi connectivity index (χ1) is 15.4. The molecule has 164 valence electrons. The van der Waals surface area contributed by atoms with Gasteiger partial charge in [-0.05, 0) is 82.7 Å². The standard InChI is InChI=1S/C23H19BrN2O5S/c1-4-10-31-20-17(24)11-14(12-18(20)30-3)13-19-21(27)26(5-2)23(32-19)25-16-8-6-15(7-9-16)22(28)29/h1,6-9,11-13H,5,10H2,2-3H3,(H,28,29). The SMILES string of the molecule is C#CCOc1c(Br)cc(C=C2SC(=Nc3ccc(C(=O)O)cc3)N(CC)C2=O)cc1OC. The maximum absolute atomic E-state index is 12.9. The molecule has 32 heavy (non-hydrogen) atoms. The van der Waals surface area contributed by atoms with Crippen molar-refractivity contribution in [3.05, 3.63) is 56.9 Å². The predicted molar refractivity (Wildman–Crippen MR) is 128 cm³/mol. The van der Waals surface area contributed by atoms with Crippen LogP contribution >= 0.6 is 27.7 Å². The summed E-state index contributed by atoms with van der Waals surface area (Å²) < 4.78 is 11.6. The second-order valence-corrected chi connectivity index (χ2v) is 8.30.